The lowest BCUT2D eigenvalue weighted by atomic mass is 9.81. The van der Waals surface area contributed by atoms with Crippen LogP contribution in [-0.2, 0) is 17.6 Å². The predicted octanol–water partition coefficient (Wildman–Crippen LogP) is 4.32. The molecule has 1 heterocycles. The largest absolute Gasteiger partial charge is 0.460 e. The molecule has 138 valence electrons. The van der Waals surface area contributed by atoms with Gasteiger partial charge in [0.05, 0.1) is 0 Å². The molecule has 4 nitrogen and oxygen atoms in total. The Labute approximate surface area is 158 Å². The molecule has 0 aliphatic heterocycles. The van der Waals surface area contributed by atoms with Crippen molar-refractivity contribution in [2.24, 2.45) is 0 Å². The van der Waals surface area contributed by atoms with Crippen molar-refractivity contribution < 1.29 is 14.3 Å². The summed E-state index contributed by atoms with van der Waals surface area (Å²) in [5.41, 5.74) is 5.16. The van der Waals surface area contributed by atoms with Crippen molar-refractivity contribution in [3.63, 3.8) is 0 Å². The third-order valence-corrected chi connectivity index (χ3v) is 5.65. The molecule has 0 unspecified atom stereocenters. The van der Waals surface area contributed by atoms with Gasteiger partial charge in [-0.25, -0.2) is 4.79 Å². The summed E-state index contributed by atoms with van der Waals surface area (Å²) < 4.78 is 5.30. The van der Waals surface area contributed by atoms with Gasteiger partial charge in [-0.05, 0) is 48.6 Å². The number of nitrogens with one attached hydrogen (secondary N) is 1. The number of carbonyl (C=O) groups is 2. The number of aromatic amines is 1. The molecular formula is C21H25NO3S. The van der Waals surface area contributed by atoms with Crippen LogP contribution in [0.25, 0.3) is 0 Å². The average Bonchev–Trinajstić information content (AvgIpc) is 2.99. The SMILES string of the molecule is CCc1ccc([C@@H]2CC(=O)c3c([nH]c(C(=O)OCCSC)c3C)C2)cc1. The normalized spacial score (nSPS) is 16.4. The molecule has 1 aromatic heterocycles. The van der Waals surface area contributed by atoms with Crippen LogP contribution in [0, 0.1) is 6.92 Å². The second-order valence-corrected chi connectivity index (χ2v) is 7.72. The number of ether oxygens (including phenoxy) is 1. The van der Waals surface area contributed by atoms with Crippen LogP contribution in [0.4, 0.5) is 0 Å². The van der Waals surface area contributed by atoms with Crippen molar-refractivity contribution in [2.75, 3.05) is 18.6 Å². The van der Waals surface area contributed by atoms with E-state index in [1.807, 2.05) is 13.2 Å². The molecule has 26 heavy (non-hydrogen) atoms. The number of aryl methyl sites for hydroxylation is 1. The van der Waals surface area contributed by atoms with Crippen molar-refractivity contribution in [2.45, 2.75) is 39.0 Å². The highest BCUT2D eigenvalue weighted by molar-refractivity contribution is 7.98. The van der Waals surface area contributed by atoms with Gasteiger partial charge in [-0.15, -0.1) is 0 Å². The van der Waals surface area contributed by atoms with Gasteiger partial charge in [0, 0.05) is 23.4 Å². The number of ketones is 1. The number of esters is 1. The van der Waals surface area contributed by atoms with E-state index in [0.717, 1.165) is 29.9 Å². The maximum absolute atomic E-state index is 12.7. The molecule has 1 aromatic carbocycles. The highest BCUT2D eigenvalue weighted by atomic mass is 32.2. The lowest BCUT2D eigenvalue weighted by Crippen LogP contribution is -2.18. The third-order valence-electron chi connectivity index (χ3n) is 5.07. The number of hydrogen-bond donors (Lipinski definition) is 1. The summed E-state index contributed by atoms with van der Waals surface area (Å²) in [4.78, 5) is 28.2. The molecule has 0 amide bonds. The molecule has 5 heteroatoms. The Morgan fingerprint density at radius 3 is 2.65 bits per heavy atom. The first kappa shape index (κ1) is 18.8. The molecule has 2 aromatic rings. The molecule has 0 bridgehead atoms. The fourth-order valence-corrected chi connectivity index (χ4v) is 3.84. The van der Waals surface area contributed by atoms with Crippen LogP contribution < -0.4 is 0 Å². The number of fused-ring (bicyclic) bond motifs is 1. The Balaban J connectivity index is 1.82. The van der Waals surface area contributed by atoms with E-state index >= 15 is 0 Å². The molecule has 0 spiro atoms. The number of benzene rings is 1. The van der Waals surface area contributed by atoms with E-state index in [0.29, 0.717) is 24.3 Å². The van der Waals surface area contributed by atoms with Crippen LogP contribution in [-0.4, -0.2) is 35.4 Å². The fraction of sp³-hybridized carbons (Fsp3) is 0.429. The smallest absolute Gasteiger partial charge is 0.355 e. The quantitative estimate of drug-likeness (QED) is 0.607. The number of hydrogen-bond acceptors (Lipinski definition) is 4. The first-order valence-corrected chi connectivity index (χ1v) is 10.4. The van der Waals surface area contributed by atoms with Crippen LogP contribution in [0.2, 0.25) is 0 Å². The second kappa shape index (κ2) is 8.12. The minimum Gasteiger partial charge on any atom is -0.460 e. The minimum atomic E-state index is -0.373. The maximum Gasteiger partial charge on any atom is 0.355 e. The molecule has 1 N–H and O–H groups in total. The average molecular weight is 372 g/mol. The van der Waals surface area contributed by atoms with Crippen molar-refractivity contribution >= 4 is 23.5 Å². The van der Waals surface area contributed by atoms with Crippen LogP contribution in [0.1, 0.15) is 62.5 Å². The number of carbonyl (C=O) groups excluding carboxylic acids is 2. The van der Waals surface area contributed by atoms with Gasteiger partial charge in [0.1, 0.15) is 12.3 Å². The van der Waals surface area contributed by atoms with Crippen LogP contribution in [0.3, 0.4) is 0 Å². The Morgan fingerprint density at radius 1 is 1.27 bits per heavy atom. The standard InChI is InChI=1S/C21H25NO3S/c1-4-14-5-7-15(8-6-14)16-11-17-19(18(23)12-16)13(2)20(22-17)21(24)25-9-10-26-3/h5-8,16,22H,4,9-12H2,1-3H3/t16-/m0/s1. The molecule has 0 radical (unpaired) electrons. The third kappa shape index (κ3) is 3.73. The monoisotopic (exact) mass is 371 g/mol. The van der Waals surface area contributed by atoms with Crippen molar-refractivity contribution in [1.29, 1.82) is 0 Å². The Bertz CT molecular complexity index is 807. The molecule has 0 fully saturated rings. The Morgan fingerprint density at radius 2 is 2.00 bits per heavy atom. The summed E-state index contributed by atoms with van der Waals surface area (Å²) in [6.45, 7) is 4.34. The van der Waals surface area contributed by atoms with Gasteiger partial charge in [-0.2, -0.15) is 11.8 Å². The van der Waals surface area contributed by atoms with Gasteiger partial charge >= 0.3 is 5.97 Å². The second-order valence-electron chi connectivity index (χ2n) is 6.73. The number of H-pyrrole nitrogens is 1. The predicted molar refractivity (Wildman–Crippen MR) is 105 cm³/mol. The zero-order valence-electron chi connectivity index (χ0n) is 15.6. The molecule has 1 atom stereocenters. The molecular weight excluding hydrogens is 346 g/mol. The summed E-state index contributed by atoms with van der Waals surface area (Å²) in [7, 11) is 0. The van der Waals surface area contributed by atoms with Crippen LogP contribution >= 0.6 is 11.8 Å². The highest BCUT2D eigenvalue weighted by Crippen LogP contribution is 2.35. The molecule has 1 aliphatic carbocycles. The van der Waals surface area contributed by atoms with E-state index < -0.39 is 0 Å². The Hall–Kier alpha value is -2.01. The van der Waals surface area contributed by atoms with Crippen LogP contribution in [0.15, 0.2) is 24.3 Å². The topological polar surface area (TPSA) is 59.2 Å². The van der Waals surface area contributed by atoms with E-state index in [1.54, 1.807) is 11.8 Å². The summed E-state index contributed by atoms with van der Waals surface area (Å²) >= 11 is 1.63. The fourth-order valence-electron chi connectivity index (χ4n) is 3.59. The number of aromatic nitrogens is 1. The van der Waals surface area contributed by atoms with Gasteiger partial charge < -0.3 is 9.72 Å². The highest BCUT2D eigenvalue weighted by Gasteiger charge is 2.32. The zero-order valence-corrected chi connectivity index (χ0v) is 16.4. The van der Waals surface area contributed by atoms with Gasteiger partial charge in [0.2, 0.25) is 0 Å². The molecule has 0 saturated heterocycles. The first-order chi connectivity index (χ1) is 12.5. The van der Waals surface area contributed by atoms with E-state index in [9.17, 15) is 9.59 Å². The summed E-state index contributed by atoms with van der Waals surface area (Å²) in [6.07, 6.45) is 4.20. The number of rotatable bonds is 6. The van der Waals surface area contributed by atoms with Crippen molar-refractivity contribution in [3.05, 3.63) is 57.9 Å². The van der Waals surface area contributed by atoms with Gasteiger partial charge in [-0.1, -0.05) is 31.2 Å². The van der Waals surface area contributed by atoms with Gasteiger partial charge in [0.15, 0.2) is 5.78 Å². The van der Waals surface area contributed by atoms with Crippen molar-refractivity contribution in [3.8, 4) is 0 Å². The van der Waals surface area contributed by atoms with E-state index in [4.69, 9.17) is 4.74 Å². The summed E-state index contributed by atoms with van der Waals surface area (Å²) in [5, 5.41) is 0. The lowest BCUT2D eigenvalue weighted by Gasteiger charge is -2.22. The van der Waals surface area contributed by atoms with Crippen LogP contribution in [0.5, 0.6) is 0 Å². The van der Waals surface area contributed by atoms with E-state index in [1.165, 1.54) is 11.1 Å². The number of Topliss-reactive ketones (excluding diaryl/α,β-unsaturated/α-hetero) is 1. The maximum atomic E-state index is 12.7. The van der Waals surface area contributed by atoms with E-state index in [-0.39, 0.29) is 17.7 Å². The number of thioether (sulfide) groups is 1. The molecule has 3 rings (SSSR count). The molecule has 0 saturated carbocycles. The summed E-state index contributed by atoms with van der Waals surface area (Å²) in [6, 6.07) is 8.50. The lowest BCUT2D eigenvalue weighted by molar-refractivity contribution is 0.0523. The first-order valence-electron chi connectivity index (χ1n) is 9.04. The van der Waals surface area contributed by atoms with Crippen molar-refractivity contribution in [1.82, 2.24) is 4.98 Å². The zero-order chi connectivity index (χ0) is 18.7. The van der Waals surface area contributed by atoms with Gasteiger partial charge in [-0.3, -0.25) is 4.79 Å². The Kier molecular flexibility index (Phi) is 5.87. The minimum absolute atomic E-state index is 0.104. The molecule has 1 aliphatic rings. The summed E-state index contributed by atoms with van der Waals surface area (Å²) in [5.74, 6) is 0.648. The van der Waals surface area contributed by atoms with Gasteiger partial charge in [0.25, 0.3) is 0 Å². The van der Waals surface area contributed by atoms with E-state index in [2.05, 4.69) is 36.2 Å².